The second kappa shape index (κ2) is 7.49. The molecule has 3 N–H and O–H groups in total. The Morgan fingerprint density at radius 3 is 2.71 bits per heavy atom. The molecule has 2 aromatic rings. The van der Waals surface area contributed by atoms with Crippen LogP contribution in [0.3, 0.4) is 0 Å². The van der Waals surface area contributed by atoms with Crippen LogP contribution in [0.15, 0.2) is 27.8 Å². The second-order valence-electron chi connectivity index (χ2n) is 4.94. The molecule has 0 amide bonds. The zero-order valence-electron chi connectivity index (χ0n) is 12.0. The fraction of sp³-hybridized carbons (Fsp3) is 0.429. The fourth-order valence-electron chi connectivity index (χ4n) is 1.73. The molecular formula is C14H18Cl2N3OS+. The van der Waals surface area contributed by atoms with Crippen molar-refractivity contribution >= 4 is 35.0 Å². The Morgan fingerprint density at radius 1 is 1.29 bits per heavy atom. The number of rotatable bonds is 6. The summed E-state index contributed by atoms with van der Waals surface area (Å²) < 4.78 is 5.66. The molecule has 0 saturated heterocycles. The van der Waals surface area contributed by atoms with Crippen LogP contribution >= 0.6 is 35.0 Å². The van der Waals surface area contributed by atoms with Gasteiger partial charge in [0.25, 0.3) is 11.1 Å². The molecule has 4 nitrogen and oxygen atoms in total. The summed E-state index contributed by atoms with van der Waals surface area (Å²) in [6.45, 7) is 4.25. The number of thioether (sulfide) groups is 1. The lowest BCUT2D eigenvalue weighted by Gasteiger charge is -2.09. The summed E-state index contributed by atoms with van der Waals surface area (Å²) in [6, 6.07) is 5.59. The zero-order chi connectivity index (χ0) is 15.4. The number of quaternary nitrogens is 1. The van der Waals surface area contributed by atoms with Gasteiger partial charge in [-0.05, 0) is 24.1 Å². The van der Waals surface area contributed by atoms with Gasteiger partial charge in [0.15, 0.2) is 6.04 Å². The van der Waals surface area contributed by atoms with E-state index in [1.807, 2.05) is 12.1 Å². The zero-order valence-corrected chi connectivity index (χ0v) is 14.3. The summed E-state index contributed by atoms with van der Waals surface area (Å²) in [6.07, 6.45) is 1.03. The maximum Gasteiger partial charge on any atom is 0.277 e. The fourth-order valence-corrected chi connectivity index (χ4v) is 2.76. The molecule has 1 heterocycles. The Hall–Kier alpha value is -0.750. The van der Waals surface area contributed by atoms with E-state index in [-0.39, 0.29) is 6.04 Å². The number of hydrogen-bond donors (Lipinski definition) is 1. The highest BCUT2D eigenvalue weighted by atomic mass is 35.5. The maximum absolute atomic E-state index is 5.99. The topological polar surface area (TPSA) is 66.6 Å². The lowest BCUT2D eigenvalue weighted by Crippen LogP contribution is -2.56. The van der Waals surface area contributed by atoms with Crippen molar-refractivity contribution in [1.82, 2.24) is 10.2 Å². The molecule has 0 aliphatic rings. The van der Waals surface area contributed by atoms with E-state index in [0.717, 1.165) is 12.0 Å². The predicted octanol–water partition coefficient (Wildman–Crippen LogP) is 4.00. The second-order valence-corrected chi connectivity index (χ2v) is 6.68. The third kappa shape index (κ3) is 4.36. The highest BCUT2D eigenvalue weighted by Gasteiger charge is 2.23. The molecule has 1 aromatic heterocycles. The van der Waals surface area contributed by atoms with Gasteiger partial charge in [-0.2, -0.15) is 0 Å². The summed E-state index contributed by atoms with van der Waals surface area (Å²) >= 11 is 13.4. The number of halogens is 2. The molecule has 2 rings (SSSR count). The van der Waals surface area contributed by atoms with E-state index in [0.29, 0.717) is 32.8 Å². The van der Waals surface area contributed by atoms with Crippen molar-refractivity contribution in [3.8, 4) is 0 Å². The van der Waals surface area contributed by atoms with Crippen molar-refractivity contribution in [2.75, 3.05) is 0 Å². The van der Waals surface area contributed by atoms with Gasteiger partial charge < -0.3 is 10.2 Å². The molecule has 0 fully saturated rings. The van der Waals surface area contributed by atoms with Crippen molar-refractivity contribution < 1.29 is 10.2 Å². The van der Waals surface area contributed by atoms with E-state index in [9.17, 15) is 0 Å². The Labute approximate surface area is 138 Å². The van der Waals surface area contributed by atoms with Crippen molar-refractivity contribution in [3.63, 3.8) is 0 Å². The smallest absolute Gasteiger partial charge is 0.277 e. The lowest BCUT2D eigenvalue weighted by atomic mass is 10.0. The van der Waals surface area contributed by atoms with Crippen molar-refractivity contribution in [2.24, 2.45) is 5.92 Å². The summed E-state index contributed by atoms with van der Waals surface area (Å²) in [4.78, 5) is 0. The number of hydrogen-bond acceptors (Lipinski definition) is 4. The summed E-state index contributed by atoms with van der Waals surface area (Å²) in [5, 5.41) is 9.79. The van der Waals surface area contributed by atoms with Crippen LogP contribution in [0.25, 0.3) is 0 Å². The van der Waals surface area contributed by atoms with Gasteiger partial charge in [-0.3, -0.25) is 0 Å². The Bertz CT molecular complexity index is 606. The predicted molar refractivity (Wildman–Crippen MR) is 85.4 cm³/mol. The molecule has 0 bridgehead atoms. The van der Waals surface area contributed by atoms with E-state index >= 15 is 0 Å². The van der Waals surface area contributed by atoms with Gasteiger partial charge in [-0.25, -0.2) is 0 Å². The van der Waals surface area contributed by atoms with Crippen LogP contribution in [0, 0.1) is 5.92 Å². The Balaban J connectivity index is 1.98. The number of aromatic nitrogens is 2. The van der Waals surface area contributed by atoms with Gasteiger partial charge in [-0.15, -0.1) is 10.2 Å². The standard InChI is InChI=1S/C14H17Cl2N3OS/c1-3-8(2)12(17)13-18-19-14(20-13)21-7-9-4-5-10(15)11(16)6-9/h4-6,8,12H,3,7,17H2,1-2H3/p+1/t8-,12+/m1/s1. The van der Waals surface area contributed by atoms with Gasteiger partial charge in [0.1, 0.15) is 0 Å². The molecule has 0 aliphatic heterocycles. The van der Waals surface area contributed by atoms with E-state index in [4.69, 9.17) is 27.6 Å². The van der Waals surface area contributed by atoms with Crippen LogP contribution in [0.2, 0.25) is 10.0 Å². The van der Waals surface area contributed by atoms with Gasteiger partial charge in [0.05, 0.1) is 10.0 Å². The molecule has 0 spiro atoms. The van der Waals surface area contributed by atoms with Gasteiger partial charge in [-0.1, -0.05) is 54.9 Å². The van der Waals surface area contributed by atoms with E-state index in [1.165, 1.54) is 11.8 Å². The first-order chi connectivity index (χ1) is 10.0. The summed E-state index contributed by atoms with van der Waals surface area (Å²) in [7, 11) is 0. The van der Waals surface area contributed by atoms with Gasteiger partial charge in [0.2, 0.25) is 0 Å². The maximum atomic E-state index is 5.99. The molecule has 0 unspecified atom stereocenters. The minimum atomic E-state index is 0.0295. The van der Waals surface area contributed by atoms with Crippen LogP contribution in [0.4, 0.5) is 0 Å². The largest absolute Gasteiger partial charge is 0.410 e. The van der Waals surface area contributed by atoms with Crippen LogP contribution in [0.5, 0.6) is 0 Å². The Morgan fingerprint density at radius 2 is 2.05 bits per heavy atom. The molecule has 2 atom stereocenters. The lowest BCUT2D eigenvalue weighted by molar-refractivity contribution is -0.444. The van der Waals surface area contributed by atoms with Crippen molar-refractivity contribution in [3.05, 3.63) is 39.7 Å². The summed E-state index contributed by atoms with van der Waals surface area (Å²) in [5.41, 5.74) is 5.15. The molecule has 0 saturated carbocycles. The van der Waals surface area contributed by atoms with E-state index < -0.39 is 0 Å². The molecule has 0 aliphatic carbocycles. The third-order valence-electron chi connectivity index (χ3n) is 3.42. The van der Waals surface area contributed by atoms with Crippen LogP contribution in [-0.2, 0) is 5.75 Å². The molecule has 7 heteroatoms. The Kier molecular flexibility index (Phi) is 5.93. The number of benzene rings is 1. The third-order valence-corrected chi connectivity index (χ3v) is 5.05. The molecule has 21 heavy (non-hydrogen) atoms. The van der Waals surface area contributed by atoms with Crippen molar-refractivity contribution in [2.45, 2.75) is 37.3 Å². The highest BCUT2D eigenvalue weighted by molar-refractivity contribution is 7.98. The van der Waals surface area contributed by atoms with Gasteiger partial charge >= 0.3 is 0 Å². The highest BCUT2D eigenvalue weighted by Crippen LogP contribution is 2.28. The van der Waals surface area contributed by atoms with E-state index in [1.54, 1.807) is 6.07 Å². The molecule has 1 aromatic carbocycles. The molecule has 0 radical (unpaired) electrons. The monoisotopic (exact) mass is 346 g/mol. The van der Waals surface area contributed by atoms with Gasteiger partial charge in [0, 0.05) is 11.7 Å². The molecular weight excluding hydrogens is 329 g/mol. The van der Waals surface area contributed by atoms with Crippen molar-refractivity contribution in [1.29, 1.82) is 0 Å². The first-order valence-electron chi connectivity index (χ1n) is 6.74. The first-order valence-corrected chi connectivity index (χ1v) is 8.48. The normalized spacial score (nSPS) is 14.1. The SMILES string of the molecule is CC[C@@H](C)[C@H]([NH3+])c1nnc(SCc2ccc(Cl)c(Cl)c2)o1. The van der Waals surface area contributed by atoms with Crippen LogP contribution in [-0.4, -0.2) is 10.2 Å². The van der Waals surface area contributed by atoms with E-state index in [2.05, 4.69) is 29.8 Å². The van der Waals surface area contributed by atoms with Crippen LogP contribution in [0.1, 0.15) is 37.8 Å². The molecule has 114 valence electrons. The number of nitrogens with zero attached hydrogens (tertiary/aromatic N) is 2. The quantitative estimate of drug-likeness (QED) is 0.802. The summed E-state index contributed by atoms with van der Waals surface area (Å²) in [5.74, 6) is 1.71. The average molecular weight is 347 g/mol. The first kappa shape index (κ1) is 16.6. The average Bonchev–Trinajstić information content (AvgIpc) is 2.95. The minimum absolute atomic E-state index is 0.0295. The minimum Gasteiger partial charge on any atom is -0.410 e. The van der Waals surface area contributed by atoms with Crippen LogP contribution < -0.4 is 5.73 Å².